The number of aliphatic hydroxyl groups excluding tert-OH is 1. The zero-order valence-electron chi connectivity index (χ0n) is 9.66. The molecule has 4 bridgehead atoms. The maximum atomic E-state index is 10.3. The second kappa shape index (κ2) is 2.67. The molecule has 1 nitrogen and oxygen atoms in total. The Balaban J connectivity index is 1.71. The highest BCUT2D eigenvalue weighted by Gasteiger charge is 2.63. The summed E-state index contributed by atoms with van der Waals surface area (Å²) < 4.78 is 0. The molecule has 6 atom stereocenters. The van der Waals surface area contributed by atoms with Crippen LogP contribution in [0.3, 0.4) is 0 Å². The number of benzene rings is 1. The van der Waals surface area contributed by atoms with Gasteiger partial charge in [0.2, 0.25) is 0 Å². The third kappa shape index (κ3) is 0.826. The summed E-state index contributed by atoms with van der Waals surface area (Å²) in [6.45, 7) is 0. The fraction of sp³-hybridized carbons (Fsp3) is 0.500. The van der Waals surface area contributed by atoms with Crippen LogP contribution in [0.5, 0.6) is 0 Å². The van der Waals surface area contributed by atoms with Crippen molar-refractivity contribution in [2.24, 2.45) is 23.7 Å². The number of fused-ring (bicyclic) bond motifs is 12. The molecule has 5 rings (SSSR count). The third-order valence-electron chi connectivity index (χ3n) is 5.91. The fourth-order valence-electron chi connectivity index (χ4n) is 5.48. The summed E-state index contributed by atoms with van der Waals surface area (Å²) in [5, 5.41) is 10.3. The summed E-state index contributed by atoms with van der Waals surface area (Å²) in [5.41, 5.74) is 3.18. The molecule has 4 aliphatic rings. The highest BCUT2D eigenvalue weighted by Crippen LogP contribution is 2.69. The lowest BCUT2D eigenvalue weighted by Gasteiger charge is -2.33. The Labute approximate surface area is 101 Å². The van der Waals surface area contributed by atoms with Gasteiger partial charge >= 0.3 is 0 Å². The quantitative estimate of drug-likeness (QED) is 0.530. The van der Waals surface area contributed by atoms with E-state index in [1.807, 2.05) is 0 Å². The van der Waals surface area contributed by atoms with Crippen molar-refractivity contribution in [3.8, 4) is 0 Å². The van der Waals surface area contributed by atoms with Crippen LogP contribution >= 0.6 is 0 Å². The van der Waals surface area contributed by atoms with Gasteiger partial charge in [0.25, 0.3) is 0 Å². The summed E-state index contributed by atoms with van der Waals surface area (Å²) in [7, 11) is 0. The van der Waals surface area contributed by atoms with Crippen LogP contribution in [0.25, 0.3) is 0 Å². The third-order valence-corrected chi connectivity index (χ3v) is 5.91. The lowest BCUT2D eigenvalue weighted by Crippen LogP contribution is -2.25. The van der Waals surface area contributed by atoms with E-state index in [0.29, 0.717) is 11.8 Å². The largest absolute Gasteiger partial charge is 0.392 e. The Morgan fingerprint density at radius 1 is 0.882 bits per heavy atom. The molecule has 1 aromatic rings. The normalized spacial score (nSPS) is 51.9. The van der Waals surface area contributed by atoms with Gasteiger partial charge < -0.3 is 5.11 Å². The lowest BCUT2D eigenvalue weighted by atomic mass is 9.71. The molecule has 0 spiro atoms. The Hall–Kier alpha value is -1.08. The highest BCUT2D eigenvalue weighted by atomic mass is 16.3. The SMILES string of the molecule is OC1C2C=CC1C1C3CC(c4ccccc43)C21. The average molecular weight is 224 g/mol. The van der Waals surface area contributed by atoms with Gasteiger partial charge in [-0.3, -0.25) is 0 Å². The van der Waals surface area contributed by atoms with Crippen LogP contribution in [0.15, 0.2) is 36.4 Å². The topological polar surface area (TPSA) is 20.2 Å². The Morgan fingerprint density at radius 2 is 1.41 bits per heavy atom. The van der Waals surface area contributed by atoms with Crippen molar-refractivity contribution in [3.63, 3.8) is 0 Å². The predicted octanol–water partition coefficient (Wildman–Crippen LogP) is 2.68. The molecule has 0 aromatic heterocycles. The Morgan fingerprint density at radius 3 is 1.94 bits per heavy atom. The van der Waals surface area contributed by atoms with Crippen LogP contribution in [-0.2, 0) is 0 Å². The van der Waals surface area contributed by atoms with Crippen molar-refractivity contribution in [1.82, 2.24) is 0 Å². The zero-order chi connectivity index (χ0) is 11.1. The van der Waals surface area contributed by atoms with Crippen LogP contribution in [0.1, 0.15) is 29.4 Å². The van der Waals surface area contributed by atoms with Crippen LogP contribution in [0, 0.1) is 23.7 Å². The molecule has 0 heterocycles. The molecule has 2 fully saturated rings. The molecule has 2 saturated carbocycles. The molecule has 1 N–H and O–H groups in total. The lowest BCUT2D eigenvalue weighted by molar-refractivity contribution is 0.121. The first-order chi connectivity index (χ1) is 8.36. The van der Waals surface area contributed by atoms with Gasteiger partial charge in [-0.1, -0.05) is 36.4 Å². The van der Waals surface area contributed by atoms with E-state index >= 15 is 0 Å². The van der Waals surface area contributed by atoms with Crippen LogP contribution in [0.4, 0.5) is 0 Å². The second-order valence-corrected chi connectivity index (χ2v) is 6.26. The summed E-state index contributed by atoms with van der Waals surface area (Å²) >= 11 is 0. The number of aliphatic hydroxyl groups is 1. The van der Waals surface area contributed by atoms with Crippen LogP contribution in [-0.4, -0.2) is 11.2 Å². The first kappa shape index (κ1) is 8.93. The van der Waals surface area contributed by atoms with Crippen molar-refractivity contribution < 1.29 is 5.11 Å². The summed E-state index contributed by atoms with van der Waals surface area (Å²) in [6, 6.07) is 8.98. The van der Waals surface area contributed by atoms with Gasteiger partial charge in [-0.15, -0.1) is 0 Å². The van der Waals surface area contributed by atoms with E-state index in [-0.39, 0.29) is 6.10 Å². The minimum Gasteiger partial charge on any atom is -0.392 e. The molecule has 6 unspecified atom stereocenters. The van der Waals surface area contributed by atoms with Gasteiger partial charge in [0.1, 0.15) is 0 Å². The maximum absolute atomic E-state index is 10.3. The minimum atomic E-state index is -0.0791. The van der Waals surface area contributed by atoms with Crippen molar-refractivity contribution in [2.45, 2.75) is 24.4 Å². The number of rotatable bonds is 0. The number of hydrogen-bond acceptors (Lipinski definition) is 1. The van der Waals surface area contributed by atoms with Crippen molar-refractivity contribution in [3.05, 3.63) is 47.5 Å². The van der Waals surface area contributed by atoms with Crippen molar-refractivity contribution in [1.29, 1.82) is 0 Å². The Bertz CT molecular complexity index is 487. The molecule has 4 aliphatic carbocycles. The van der Waals surface area contributed by atoms with E-state index in [1.54, 1.807) is 11.1 Å². The van der Waals surface area contributed by atoms with E-state index in [1.165, 1.54) is 6.42 Å². The molecule has 0 amide bonds. The van der Waals surface area contributed by atoms with Crippen molar-refractivity contribution >= 4 is 0 Å². The predicted molar refractivity (Wildman–Crippen MR) is 65.6 cm³/mol. The summed E-state index contributed by atoms with van der Waals surface area (Å²) in [6.07, 6.45) is 5.85. The van der Waals surface area contributed by atoms with Gasteiger partial charge in [0.05, 0.1) is 6.10 Å². The minimum absolute atomic E-state index is 0.0791. The first-order valence-corrected chi connectivity index (χ1v) is 6.81. The molecular formula is C16H16O. The monoisotopic (exact) mass is 224 g/mol. The molecule has 0 radical (unpaired) electrons. The van der Waals surface area contributed by atoms with Crippen LogP contribution < -0.4 is 0 Å². The molecule has 1 aromatic carbocycles. The van der Waals surface area contributed by atoms with Gasteiger partial charge in [-0.25, -0.2) is 0 Å². The van der Waals surface area contributed by atoms with Gasteiger partial charge in [0.15, 0.2) is 0 Å². The first-order valence-electron chi connectivity index (χ1n) is 6.81. The van der Waals surface area contributed by atoms with Crippen molar-refractivity contribution in [2.75, 3.05) is 0 Å². The van der Waals surface area contributed by atoms with E-state index in [4.69, 9.17) is 0 Å². The van der Waals surface area contributed by atoms with E-state index < -0.39 is 0 Å². The standard InChI is InChI=1S/C16H16O/c17-16-10-5-6-11(16)15-13-7-12(14(10)15)8-3-1-2-4-9(8)13/h1-6,10-17H,7H2. The van der Waals surface area contributed by atoms with Crippen LogP contribution in [0.2, 0.25) is 0 Å². The van der Waals surface area contributed by atoms with Gasteiger partial charge in [0, 0.05) is 11.8 Å². The molecule has 0 aliphatic heterocycles. The van der Waals surface area contributed by atoms with E-state index in [0.717, 1.165) is 23.7 Å². The second-order valence-electron chi connectivity index (χ2n) is 6.26. The summed E-state index contributed by atoms with van der Waals surface area (Å²) in [5.74, 6) is 3.84. The Kier molecular flexibility index (Phi) is 1.40. The molecular weight excluding hydrogens is 208 g/mol. The van der Waals surface area contributed by atoms with E-state index in [2.05, 4.69) is 36.4 Å². The summed E-state index contributed by atoms with van der Waals surface area (Å²) in [4.78, 5) is 0. The molecule has 1 heteroatoms. The smallest absolute Gasteiger partial charge is 0.0671 e. The highest BCUT2D eigenvalue weighted by molar-refractivity contribution is 5.46. The molecule has 0 saturated heterocycles. The maximum Gasteiger partial charge on any atom is 0.0671 e. The molecule has 86 valence electrons. The van der Waals surface area contributed by atoms with Gasteiger partial charge in [-0.05, 0) is 41.2 Å². The average Bonchev–Trinajstić information content (AvgIpc) is 3.07. The fourth-order valence-corrected chi connectivity index (χ4v) is 5.48. The van der Waals surface area contributed by atoms with E-state index in [9.17, 15) is 5.11 Å². The zero-order valence-corrected chi connectivity index (χ0v) is 9.66. The molecule has 17 heavy (non-hydrogen) atoms. The number of hydrogen-bond donors (Lipinski definition) is 1. The van der Waals surface area contributed by atoms with Gasteiger partial charge in [-0.2, -0.15) is 0 Å².